The van der Waals surface area contributed by atoms with Gasteiger partial charge in [-0.25, -0.2) is 4.98 Å². The van der Waals surface area contributed by atoms with E-state index in [0.717, 1.165) is 28.4 Å². The summed E-state index contributed by atoms with van der Waals surface area (Å²) in [5.74, 6) is 2.07. The molecule has 0 unspecified atom stereocenters. The summed E-state index contributed by atoms with van der Waals surface area (Å²) in [6, 6.07) is 15.4. The van der Waals surface area contributed by atoms with Gasteiger partial charge in [0, 0.05) is 28.2 Å². The van der Waals surface area contributed by atoms with E-state index in [1.165, 1.54) is 0 Å². The number of hydrogen-bond donors (Lipinski definition) is 2. The first-order chi connectivity index (χ1) is 12.5. The lowest BCUT2D eigenvalue weighted by molar-refractivity contribution is 0.340. The van der Waals surface area contributed by atoms with Gasteiger partial charge < -0.3 is 15.4 Å². The van der Waals surface area contributed by atoms with Crippen LogP contribution in [0.1, 0.15) is 18.2 Å². The molecule has 3 rings (SSSR count). The maximum absolute atomic E-state index is 6.18. The van der Waals surface area contributed by atoms with Crippen molar-refractivity contribution >= 4 is 34.7 Å². The highest BCUT2D eigenvalue weighted by atomic mass is 35.5. The standard InChI is InChI=1S/C20H21ClN4O/c1-4-26-16-10-8-15(9-11-16)23-19-12-13(2)22-20(25-19)24-18-7-5-6-17(21)14(18)3/h5-12H,4H2,1-3H3,(H2,22,23,24,25). The summed E-state index contributed by atoms with van der Waals surface area (Å²) >= 11 is 6.18. The predicted octanol–water partition coefficient (Wildman–Crippen LogP) is 5.63. The molecule has 134 valence electrons. The maximum Gasteiger partial charge on any atom is 0.229 e. The molecule has 1 heterocycles. The number of aryl methyl sites for hydroxylation is 1. The monoisotopic (exact) mass is 368 g/mol. The smallest absolute Gasteiger partial charge is 0.229 e. The number of benzene rings is 2. The highest BCUT2D eigenvalue weighted by molar-refractivity contribution is 6.31. The molecule has 0 atom stereocenters. The molecular formula is C20H21ClN4O. The zero-order chi connectivity index (χ0) is 18.5. The third-order valence-corrected chi connectivity index (χ3v) is 4.22. The molecule has 3 aromatic rings. The van der Waals surface area contributed by atoms with Gasteiger partial charge in [0.05, 0.1) is 6.61 Å². The second-order valence-electron chi connectivity index (χ2n) is 5.84. The van der Waals surface area contributed by atoms with Crippen LogP contribution in [0.3, 0.4) is 0 Å². The van der Waals surface area contributed by atoms with Crippen molar-refractivity contribution in [1.29, 1.82) is 0 Å². The fraction of sp³-hybridized carbons (Fsp3) is 0.200. The molecule has 0 bridgehead atoms. The Morgan fingerprint density at radius 1 is 1.00 bits per heavy atom. The van der Waals surface area contributed by atoms with Crippen LogP contribution in [-0.4, -0.2) is 16.6 Å². The molecule has 2 aromatic carbocycles. The second kappa shape index (κ2) is 8.06. The number of nitrogens with one attached hydrogen (secondary N) is 2. The summed E-state index contributed by atoms with van der Waals surface area (Å²) in [5.41, 5.74) is 3.63. The Kier molecular flexibility index (Phi) is 5.58. The lowest BCUT2D eigenvalue weighted by atomic mass is 10.2. The van der Waals surface area contributed by atoms with Crippen LogP contribution in [0.2, 0.25) is 5.02 Å². The lowest BCUT2D eigenvalue weighted by Gasteiger charge is -2.12. The van der Waals surface area contributed by atoms with Gasteiger partial charge in [0.25, 0.3) is 0 Å². The van der Waals surface area contributed by atoms with E-state index in [1.54, 1.807) is 0 Å². The number of anilines is 4. The van der Waals surface area contributed by atoms with E-state index in [4.69, 9.17) is 16.3 Å². The minimum absolute atomic E-state index is 0.517. The van der Waals surface area contributed by atoms with E-state index < -0.39 is 0 Å². The third-order valence-electron chi connectivity index (χ3n) is 3.81. The number of hydrogen-bond acceptors (Lipinski definition) is 5. The SMILES string of the molecule is CCOc1ccc(Nc2cc(C)nc(Nc3cccc(Cl)c3C)n2)cc1. The Morgan fingerprint density at radius 3 is 2.50 bits per heavy atom. The highest BCUT2D eigenvalue weighted by Gasteiger charge is 2.07. The topological polar surface area (TPSA) is 59.1 Å². The largest absolute Gasteiger partial charge is 0.494 e. The summed E-state index contributed by atoms with van der Waals surface area (Å²) in [6.45, 7) is 6.50. The van der Waals surface area contributed by atoms with Gasteiger partial charge in [0.1, 0.15) is 11.6 Å². The van der Waals surface area contributed by atoms with Gasteiger partial charge in [-0.2, -0.15) is 4.98 Å². The number of rotatable bonds is 6. The molecule has 0 spiro atoms. The zero-order valence-electron chi connectivity index (χ0n) is 15.0. The van der Waals surface area contributed by atoms with Crippen LogP contribution in [0.25, 0.3) is 0 Å². The molecule has 0 amide bonds. The van der Waals surface area contributed by atoms with Crippen molar-refractivity contribution < 1.29 is 4.74 Å². The number of aromatic nitrogens is 2. The van der Waals surface area contributed by atoms with Crippen LogP contribution >= 0.6 is 11.6 Å². The molecule has 0 aliphatic heterocycles. The van der Waals surface area contributed by atoms with Crippen LogP contribution in [0.5, 0.6) is 5.75 Å². The van der Waals surface area contributed by atoms with Crippen molar-refractivity contribution in [3.05, 3.63) is 64.8 Å². The van der Waals surface area contributed by atoms with Crippen LogP contribution in [0, 0.1) is 13.8 Å². The molecule has 0 radical (unpaired) electrons. The summed E-state index contributed by atoms with van der Waals surface area (Å²) in [4.78, 5) is 9.00. The van der Waals surface area contributed by atoms with E-state index >= 15 is 0 Å². The van der Waals surface area contributed by atoms with Crippen LogP contribution in [-0.2, 0) is 0 Å². The minimum atomic E-state index is 0.517. The maximum atomic E-state index is 6.18. The van der Waals surface area contributed by atoms with Crippen molar-refractivity contribution in [3.8, 4) is 5.75 Å². The highest BCUT2D eigenvalue weighted by Crippen LogP contribution is 2.26. The van der Waals surface area contributed by atoms with E-state index in [1.807, 2.05) is 69.3 Å². The summed E-state index contributed by atoms with van der Waals surface area (Å²) in [7, 11) is 0. The fourth-order valence-corrected chi connectivity index (χ4v) is 2.68. The first-order valence-corrected chi connectivity index (χ1v) is 8.80. The van der Waals surface area contributed by atoms with Crippen molar-refractivity contribution in [1.82, 2.24) is 9.97 Å². The van der Waals surface area contributed by atoms with Crippen LogP contribution in [0.4, 0.5) is 23.1 Å². The van der Waals surface area contributed by atoms with Gasteiger partial charge in [0.15, 0.2) is 0 Å². The number of halogens is 1. The van der Waals surface area contributed by atoms with E-state index in [9.17, 15) is 0 Å². The average Bonchev–Trinajstić information content (AvgIpc) is 2.60. The lowest BCUT2D eigenvalue weighted by Crippen LogP contribution is -2.03. The van der Waals surface area contributed by atoms with E-state index in [-0.39, 0.29) is 0 Å². The van der Waals surface area contributed by atoms with Gasteiger partial charge in [-0.05, 0) is 62.7 Å². The van der Waals surface area contributed by atoms with Crippen LogP contribution < -0.4 is 15.4 Å². The zero-order valence-corrected chi connectivity index (χ0v) is 15.8. The minimum Gasteiger partial charge on any atom is -0.494 e. The molecule has 0 aliphatic rings. The summed E-state index contributed by atoms with van der Waals surface area (Å²) < 4.78 is 5.46. The average molecular weight is 369 g/mol. The molecule has 26 heavy (non-hydrogen) atoms. The van der Waals surface area contributed by atoms with Gasteiger partial charge in [-0.3, -0.25) is 0 Å². The van der Waals surface area contributed by atoms with Gasteiger partial charge in [0.2, 0.25) is 5.95 Å². The first-order valence-electron chi connectivity index (χ1n) is 8.43. The van der Waals surface area contributed by atoms with Crippen molar-refractivity contribution in [2.45, 2.75) is 20.8 Å². The molecule has 2 N–H and O–H groups in total. The molecule has 1 aromatic heterocycles. The van der Waals surface area contributed by atoms with Crippen molar-refractivity contribution in [3.63, 3.8) is 0 Å². The van der Waals surface area contributed by atoms with Gasteiger partial charge >= 0.3 is 0 Å². The molecule has 0 saturated carbocycles. The number of ether oxygens (including phenoxy) is 1. The van der Waals surface area contributed by atoms with Gasteiger partial charge in [-0.15, -0.1) is 0 Å². The van der Waals surface area contributed by atoms with Gasteiger partial charge in [-0.1, -0.05) is 17.7 Å². The van der Waals surface area contributed by atoms with Crippen LogP contribution in [0.15, 0.2) is 48.5 Å². The molecule has 5 nitrogen and oxygen atoms in total. The Morgan fingerprint density at radius 2 is 1.77 bits per heavy atom. The number of nitrogens with zero attached hydrogens (tertiary/aromatic N) is 2. The fourth-order valence-electron chi connectivity index (χ4n) is 2.50. The molecule has 6 heteroatoms. The Hall–Kier alpha value is -2.79. The van der Waals surface area contributed by atoms with Crippen molar-refractivity contribution in [2.75, 3.05) is 17.2 Å². The Balaban J connectivity index is 1.80. The molecule has 0 aliphatic carbocycles. The first kappa shape index (κ1) is 18.0. The third kappa shape index (κ3) is 4.43. The normalized spacial score (nSPS) is 10.5. The molecule has 0 fully saturated rings. The molecular weight excluding hydrogens is 348 g/mol. The van der Waals surface area contributed by atoms with Crippen molar-refractivity contribution in [2.24, 2.45) is 0 Å². The summed E-state index contributed by atoms with van der Waals surface area (Å²) in [5, 5.41) is 7.24. The predicted molar refractivity (Wildman–Crippen MR) is 107 cm³/mol. The second-order valence-corrected chi connectivity index (χ2v) is 6.25. The summed E-state index contributed by atoms with van der Waals surface area (Å²) in [6.07, 6.45) is 0. The quantitative estimate of drug-likeness (QED) is 0.590. The Labute approximate surface area is 158 Å². The van der Waals surface area contributed by atoms with E-state index in [0.29, 0.717) is 23.4 Å². The molecule has 0 saturated heterocycles. The van der Waals surface area contributed by atoms with E-state index in [2.05, 4.69) is 20.6 Å². The Bertz CT molecular complexity index is 897.